The first-order valence-electron chi connectivity index (χ1n) is 15.6. The summed E-state index contributed by atoms with van der Waals surface area (Å²) in [6.45, 7) is 8.24. The normalized spacial score (nSPS) is 13.7. The predicted molar refractivity (Wildman–Crippen MR) is 166 cm³/mol. The van der Waals surface area contributed by atoms with Gasteiger partial charge in [0, 0.05) is 49.3 Å². The molecule has 0 fully saturated rings. The van der Waals surface area contributed by atoms with Crippen LogP contribution in [0.1, 0.15) is 70.9 Å². The molecule has 6 nitrogen and oxygen atoms in total. The molecule has 3 rings (SSSR count). The Labute approximate surface area is 262 Å². The van der Waals surface area contributed by atoms with Crippen LogP contribution >= 0.6 is 0 Å². The van der Waals surface area contributed by atoms with E-state index in [2.05, 4.69) is 0 Å². The summed E-state index contributed by atoms with van der Waals surface area (Å²) in [4.78, 5) is 12.9. The summed E-state index contributed by atoms with van der Waals surface area (Å²) in [5, 5.41) is 0.384. The standard InChI is InChI=1S/C33H43F5O6Si/c1-5-9-10-11-23-12-15-26(28(20-23)33(36,37)38)27-21-24-13-14-25(22-31(24)44-32(27)39)40-18-16-29(34)30(35)17-19-45(41-6-2,42-7-3)43-8-4/h12-15,20-22,29-30H,5-11,16-19H2,1-4H3. The zero-order valence-corrected chi connectivity index (χ0v) is 27.3. The van der Waals surface area contributed by atoms with Crippen molar-refractivity contribution in [2.24, 2.45) is 0 Å². The fourth-order valence-electron chi connectivity index (χ4n) is 5.13. The summed E-state index contributed by atoms with van der Waals surface area (Å²) < 4.78 is 99.4. The van der Waals surface area contributed by atoms with E-state index in [1.807, 2.05) is 6.92 Å². The number of aryl methyl sites for hydroxylation is 1. The number of fused-ring (bicyclic) bond motifs is 1. The maximum Gasteiger partial charge on any atom is 0.501 e. The largest absolute Gasteiger partial charge is 0.501 e. The Morgan fingerprint density at radius 1 is 0.822 bits per heavy atom. The minimum atomic E-state index is -4.66. The van der Waals surface area contributed by atoms with E-state index in [1.165, 1.54) is 30.3 Å². The first kappa shape index (κ1) is 36.7. The molecule has 2 aromatic carbocycles. The summed E-state index contributed by atoms with van der Waals surface area (Å²) >= 11 is 0. The molecule has 0 spiro atoms. The van der Waals surface area contributed by atoms with Crippen LogP contribution in [0.15, 0.2) is 51.7 Å². The molecule has 12 heteroatoms. The van der Waals surface area contributed by atoms with Gasteiger partial charge in [-0.25, -0.2) is 13.6 Å². The van der Waals surface area contributed by atoms with Crippen LogP contribution in [0.3, 0.4) is 0 Å². The van der Waals surface area contributed by atoms with E-state index in [0.717, 1.165) is 25.3 Å². The number of benzene rings is 2. The first-order valence-corrected chi connectivity index (χ1v) is 17.5. The Morgan fingerprint density at radius 3 is 2.11 bits per heavy atom. The lowest BCUT2D eigenvalue weighted by atomic mass is 9.95. The molecule has 0 aliphatic carbocycles. The van der Waals surface area contributed by atoms with Crippen LogP contribution in [0.25, 0.3) is 22.1 Å². The molecule has 0 amide bonds. The van der Waals surface area contributed by atoms with Crippen LogP contribution in [0, 0.1) is 0 Å². The highest BCUT2D eigenvalue weighted by Gasteiger charge is 2.41. The highest BCUT2D eigenvalue weighted by Crippen LogP contribution is 2.38. The lowest BCUT2D eigenvalue weighted by Gasteiger charge is -2.29. The van der Waals surface area contributed by atoms with Crippen molar-refractivity contribution in [3.05, 3.63) is 64.0 Å². The molecular formula is C33H43F5O6Si. The van der Waals surface area contributed by atoms with E-state index in [4.69, 9.17) is 22.4 Å². The zero-order valence-electron chi connectivity index (χ0n) is 26.3. The van der Waals surface area contributed by atoms with Crippen molar-refractivity contribution in [2.75, 3.05) is 26.4 Å². The van der Waals surface area contributed by atoms with Crippen LogP contribution in [-0.2, 0) is 25.9 Å². The van der Waals surface area contributed by atoms with Gasteiger partial charge in [-0.2, -0.15) is 13.2 Å². The number of hydrogen-bond acceptors (Lipinski definition) is 6. The Kier molecular flexibility index (Phi) is 14.0. The second-order valence-corrected chi connectivity index (χ2v) is 13.4. The molecule has 45 heavy (non-hydrogen) atoms. The van der Waals surface area contributed by atoms with Crippen molar-refractivity contribution in [3.63, 3.8) is 0 Å². The molecule has 0 saturated carbocycles. The average Bonchev–Trinajstić information content (AvgIpc) is 2.99. The molecule has 1 aromatic heterocycles. The summed E-state index contributed by atoms with van der Waals surface area (Å²) in [5.74, 6) is 0.240. The van der Waals surface area contributed by atoms with Crippen molar-refractivity contribution in [2.45, 2.75) is 90.8 Å². The number of alkyl halides is 5. The Bertz CT molecular complexity index is 1400. The van der Waals surface area contributed by atoms with Crippen molar-refractivity contribution in [1.82, 2.24) is 0 Å². The highest BCUT2D eigenvalue weighted by atomic mass is 28.4. The third-order valence-corrected chi connectivity index (χ3v) is 10.4. The third-order valence-electron chi connectivity index (χ3n) is 7.33. The summed E-state index contributed by atoms with van der Waals surface area (Å²) in [6.07, 6.45) is -5.46. The SMILES string of the molecule is CCCCCc1ccc(-c2cc3ccc(OCCC(F)C(F)CC[Si](OCC)(OCC)OCC)cc3oc2=O)c(C(F)(F)F)c1. The molecule has 2 atom stereocenters. The Balaban J connectivity index is 1.68. The van der Waals surface area contributed by atoms with Gasteiger partial charge in [-0.15, -0.1) is 0 Å². The van der Waals surface area contributed by atoms with E-state index in [-0.39, 0.29) is 48.0 Å². The van der Waals surface area contributed by atoms with Gasteiger partial charge >= 0.3 is 20.6 Å². The monoisotopic (exact) mass is 658 g/mol. The topological polar surface area (TPSA) is 67.1 Å². The molecule has 0 bridgehead atoms. The molecule has 0 N–H and O–H groups in total. The van der Waals surface area contributed by atoms with Crippen molar-refractivity contribution < 1.29 is 44.4 Å². The number of unbranched alkanes of at least 4 members (excludes halogenated alkanes) is 2. The molecule has 0 aliphatic heterocycles. The fraction of sp³-hybridized carbons (Fsp3) is 0.545. The molecule has 0 radical (unpaired) electrons. The minimum Gasteiger partial charge on any atom is -0.493 e. The lowest BCUT2D eigenvalue weighted by Crippen LogP contribution is -2.46. The highest BCUT2D eigenvalue weighted by molar-refractivity contribution is 6.60. The van der Waals surface area contributed by atoms with Gasteiger partial charge in [0.05, 0.1) is 17.7 Å². The smallest absolute Gasteiger partial charge is 0.493 e. The number of ether oxygens (including phenoxy) is 1. The second kappa shape index (κ2) is 17.2. The average molecular weight is 659 g/mol. The molecule has 3 aromatic rings. The van der Waals surface area contributed by atoms with Crippen LogP contribution in [-0.4, -0.2) is 47.6 Å². The number of rotatable bonds is 19. The van der Waals surface area contributed by atoms with Gasteiger partial charge in [0.15, 0.2) is 0 Å². The van der Waals surface area contributed by atoms with Crippen LogP contribution in [0.4, 0.5) is 22.0 Å². The fourth-order valence-corrected chi connectivity index (χ4v) is 7.76. The second-order valence-electron chi connectivity index (χ2n) is 10.7. The van der Waals surface area contributed by atoms with E-state index >= 15 is 0 Å². The Hall–Kier alpha value is -2.80. The van der Waals surface area contributed by atoms with Crippen LogP contribution < -0.4 is 10.4 Å². The van der Waals surface area contributed by atoms with Gasteiger partial charge in [0.1, 0.15) is 23.7 Å². The van der Waals surface area contributed by atoms with Crippen molar-refractivity contribution >= 4 is 19.8 Å². The summed E-state index contributed by atoms with van der Waals surface area (Å²) in [5.41, 5.74) is -1.64. The van der Waals surface area contributed by atoms with E-state index < -0.39 is 38.5 Å². The number of hydrogen-bond donors (Lipinski definition) is 0. The van der Waals surface area contributed by atoms with Gasteiger partial charge in [-0.05, 0) is 69.9 Å². The summed E-state index contributed by atoms with van der Waals surface area (Å²) in [7, 11) is -3.10. The minimum absolute atomic E-state index is 0.0928. The molecular weight excluding hydrogens is 615 g/mol. The van der Waals surface area contributed by atoms with Crippen LogP contribution in [0.5, 0.6) is 5.75 Å². The molecule has 1 heterocycles. The van der Waals surface area contributed by atoms with Crippen molar-refractivity contribution in [3.8, 4) is 16.9 Å². The maximum absolute atomic E-state index is 14.7. The van der Waals surface area contributed by atoms with E-state index in [1.54, 1.807) is 26.8 Å². The molecule has 0 saturated heterocycles. The van der Waals surface area contributed by atoms with E-state index in [9.17, 15) is 26.7 Å². The maximum atomic E-state index is 14.7. The van der Waals surface area contributed by atoms with Gasteiger partial charge < -0.3 is 22.4 Å². The van der Waals surface area contributed by atoms with Crippen molar-refractivity contribution in [1.29, 1.82) is 0 Å². The quantitative estimate of drug-likeness (QED) is 0.0554. The van der Waals surface area contributed by atoms with Gasteiger partial charge in [-0.1, -0.05) is 31.9 Å². The van der Waals surface area contributed by atoms with Gasteiger partial charge in [0.2, 0.25) is 0 Å². The summed E-state index contributed by atoms with van der Waals surface area (Å²) in [6, 6.07) is 9.98. The lowest BCUT2D eigenvalue weighted by molar-refractivity contribution is -0.137. The molecule has 250 valence electrons. The number of halogens is 5. The van der Waals surface area contributed by atoms with Crippen LogP contribution in [0.2, 0.25) is 6.04 Å². The van der Waals surface area contributed by atoms with E-state index in [0.29, 0.717) is 37.2 Å². The Morgan fingerprint density at radius 2 is 1.49 bits per heavy atom. The van der Waals surface area contributed by atoms with Gasteiger partial charge in [0.25, 0.3) is 0 Å². The first-order chi connectivity index (χ1) is 21.5. The zero-order chi connectivity index (χ0) is 33.0. The molecule has 0 aliphatic rings. The predicted octanol–water partition coefficient (Wildman–Crippen LogP) is 9.10. The third kappa shape index (κ3) is 10.4. The van der Waals surface area contributed by atoms with Gasteiger partial charge in [-0.3, -0.25) is 0 Å². The molecule has 2 unspecified atom stereocenters.